The van der Waals surface area contributed by atoms with E-state index in [-0.39, 0.29) is 11.8 Å². The fraction of sp³-hybridized carbons (Fsp3) is 0.957. The second-order valence-corrected chi connectivity index (χ2v) is 8.03. The number of likely N-dealkylation sites (tertiary alicyclic amines) is 1. The smallest absolute Gasteiger partial charge is 0.226 e. The second kappa shape index (κ2) is 21.7. The molecule has 1 amide bonds. The highest BCUT2D eigenvalue weighted by Crippen LogP contribution is 2.17. The Labute approximate surface area is 199 Å². The molecule has 0 radical (unpaired) electrons. The minimum absolute atomic E-state index is 0.118. The largest absolute Gasteiger partial charge is 0.382 e. The SMILES string of the molecule is COCCOCCOCCOCCOCCOCCOCCN(C)C(=O)C1CCCN(C)C1. The van der Waals surface area contributed by atoms with Crippen molar-refractivity contribution in [2.24, 2.45) is 5.92 Å². The Balaban J connectivity index is 1.76. The predicted octanol–water partition coefficient (Wildman–Crippen LogP) is 0.533. The summed E-state index contributed by atoms with van der Waals surface area (Å²) < 4.78 is 37.5. The molecule has 1 rings (SSSR count). The zero-order chi connectivity index (χ0) is 24.0. The van der Waals surface area contributed by atoms with E-state index in [1.165, 1.54) is 0 Å². The Bertz CT molecular complexity index is 458. The summed E-state index contributed by atoms with van der Waals surface area (Å²) in [5, 5.41) is 0. The number of piperidine rings is 1. The van der Waals surface area contributed by atoms with Gasteiger partial charge in [-0.15, -0.1) is 0 Å². The number of hydrogen-bond acceptors (Lipinski definition) is 9. The molecule has 1 fully saturated rings. The molecule has 1 atom stereocenters. The van der Waals surface area contributed by atoms with Gasteiger partial charge in [0.2, 0.25) is 5.91 Å². The highest BCUT2D eigenvalue weighted by atomic mass is 16.6. The molecule has 0 aliphatic carbocycles. The molecular weight excluding hydrogens is 432 g/mol. The maximum Gasteiger partial charge on any atom is 0.226 e. The topological polar surface area (TPSA) is 88.2 Å². The van der Waals surface area contributed by atoms with Gasteiger partial charge in [0.15, 0.2) is 0 Å². The number of nitrogens with zero attached hydrogens (tertiary/aromatic N) is 2. The van der Waals surface area contributed by atoms with E-state index in [0.717, 1.165) is 25.9 Å². The fourth-order valence-corrected chi connectivity index (χ4v) is 3.34. The summed E-state index contributed by atoms with van der Waals surface area (Å²) in [4.78, 5) is 16.5. The van der Waals surface area contributed by atoms with Crippen LogP contribution in [-0.4, -0.2) is 142 Å². The molecule has 0 saturated carbocycles. The average molecular weight is 479 g/mol. The molecule has 1 heterocycles. The predicted molar refractivity (Wildman–Crippen MR) is 125 cm³/mol. The summed E-state index contributed by atoms with van der Waals surface area (Å²) in [5.74, 6) is 0.339. The monoisotopic (exact) mass is 478 g/mol. The van der Waals surface area contributed by atoms with Crippen molar-refractivity contribution >= 4 is 5.91 Å². The number of amides is 1. The summed E-state index contributed by atoms with van der Waals surface area (Å²) in [6.45, 7) is 9.55. The molecule has 0 aromatic carbocycles. The van der Waals surface area contributed by atoms with Gasteiger partial charge in [-0.3, -0.25) is 4.79 Å². The van der Waals surface area contributed by atoms with Gasteiger partial charge in [-0.25, -0.2) is 0 Å². The molecule has 1 saturated heterocycles. The maximum absolute atomic E-state index is 12.5. The van der Waals surface area contributed by atoms with E-state index < -0.39 is 0 Å². The molecular formula is C23H46N2O8. The van der Waals surface area contributed by atoms with Gasteiger partial charge >= 0.3 is 0 Å². The third kappa shape index (κ3) is 17.3. The van der Waals surface area contributed by atoms with Crippen molar-refractivity contribution in [3.8, 4) is 0 Å². The summed E-state index contributed by atoms with van der Waals surface area (Å²) in [5.41, 5.74) is 0. The van der Waals surface area contributed by atoms with E-state index in [1.807, 2.05) is 7.05 Å². The summed E-state index contributed by atoms with van der Waals surface area (Å²) in [6, 6.07) is 0. The van der Waals surface area contributed by atoms with Crippen molar-refractivity contribution in [1.29, 1.82) is 0 Å². The second-order valence-electron chi connectivity index (χ2n) is 8.03. The van der Waals surface area contributed by atoms with Crippen LogP contribution in [0.1, 0.15) is 12.8 Å². The lowest BCUT2D eigenvalue weighted by Gasteiger charge is -2.31. The van der Waals surface area contributed by atoms with Crippen LogP contribution in [0, 0.1) is 5.92 Å². The van der Waals surface area contributed by atoms with Gasteiger partial charge in [-0.05, 0) is 26.4 Å². The molecule has 0 spiro atoms. The Morgan fingerprint density at radius 2 is 1.18 bits per heavy atom. The van der Waals surface area contributed by atoms with Crippen LogP contribution in [0.2, 0.25) is 0 Å². The van der Waals surface area contributed by atoms with Gasteiger partial charge in [-0.2, -0.15) is 0 Å². The first-order valence-electron chi connectivity index (χ1n) is 12.0. The first-order valence-corrected chi connectivity index (χ1v) is 12.0. The van der Waals surface area contributed by atoms with Crippen LogP contribution in [-0.2, 0) is 38.0 Å². The Morgan fingerprint density at radius 1 is 0.758 bits per heavy atom. The van der Waals surface area contributed by atoms with E-state index in [2.05, 4.69) is 11.9 Å². The lowest BCUT2D eigenvalue weighted by Crippen LogP contribution is -2.43. The van der Waals surface area contributed by atoms with Gasteiger partial charge in [-0.1, -0.05) is 0 Å². The maximum atomic E-state index is 12.5. The normalized spacial score (nSPS) is 16.9. The minimum Gasteiger partial charge on any atom is -0.382 e. The van der Waals surface area contributed by atoms with Crippen molar-refractivity contribution in [3.63, 3.8) is 0 Å². The van der Waals surface area contributed by atoms with Crippen LogP contribution in [0.4, 0.5) is 0 Å². The summed E-state index contributed by atoms with van der Waals surface area (Å²) in [6.07, 6.45) is 2.07. The average Bonchev–Trinajstić information content (AvgIpc) is 2.82. The minimum atomic E-state index is 0.118. The van der Waals surface area contributed by atoms with Crippen molar-refractivity contribution < 1.29 is 38.0 Å². The summed E-state index contributed by atoms with van der Waals surface area (Å²) in [7, 11) is 5.57. The highest BCUT2D eigenvalue weighted by molar-refractivity contribution is 5.78. The Hall–Kier alpha value is -0.850. The van der Waals surface area contributed by atoms with E-state index >= 15 is 0 Å². The quantitative estimate of drug-likeness (QED) is 0.207. The third-order valence-electron chi connectivity index (χ3n) is 5.21. The summed E-state index contributed by atoms with van der Waals surface area (Å²) >= 11 is 0. The highest BCUT2D eigenvalue weighted by Gasteiger charge is 2.26. The van der Waals surface area contributed by atoms with Gasteiger partial charge in [0.25, 0.3) is 0 Å². The van der Waals surface area contributed by atoms with Crippen molar-refractivity contribution in [2.75, 3.05) is 127 Å². The van der Waals surface area contributed by atoms with Crippen LogP contribution in [0.5, 0.6) is 0 Å². The zero-order valence-corrected chi connectivity index (χ0v) is 21.0. The van der Waals surface area contributed by atoms with Crippen molar-refractivity contribution in [3.05, 3.63) is 0 Å². The van der Waals surface area contributed by atoms with Gasteiger partial charge < -0.3 is 43.0 Å². The van der Waals surface area contributed by atoms with E-state index in [1.54, 1.807) is 12.0 Å². The molecule has 0 aromatic rings. The molecule has 196 valence electrons. The van der Waals surface area contributed by atoms with E-state index in [9.17, 15) is 4.79 Å². The molecule has 0 bridgehead atoms. The van der Waals surface area contributed by atoms with Crippen molar-refractivity contribution in [2.45, 2.75) is 12.8 Å². The lowest BCUT2D eigenvalue weighted by atomic mass is 9.97. The van der Waals surface area contributed by atoms with Crippen molar-refractivity contribution in [1.82, 2.24) is 9.80 Å². The molecule has 1 unspecified atom stereocenters. The molecule has 33 heavy (non-hydrogen) atoms. The number of carbonyl (C=O) groups excluding carboxylic acids is 1. The number of likely N-dealkylation sites (N-methyl/N-ethyl adjacent to an activating group) is 1. The van der Waals surface area contributed by atoms with Crippen LogP contribution in [0.3, 0.4) is 0 Å². The van der Waals surface area contributed by atoms with Gasteiger partial charge in [0, 0.05) is 27.2 Å². The zero-order valence-electron chi connectivity index (χ0n) is 21.0. The molecule has 0 aromatic heterocycles. The molecule has 10 heteroatoms. The van der Waals surface area contributed by atoms with Crippen LogP contribution < -0.4 is 0 Å². The van der Waals surface area contributed by atoms with E-state index in [4.69, 9.17) is 33.2 Å². The van der Waals surface area contributed by atoms with Crippen LogP contribution in [0.25, 0.3) is 0 Å². The van der Waals surface area contributed by atoms with Gasteiger partial charge in [0.1, 0.15) is 0 Å². The standard InChI is InChI=1S/C23H46N2O8/c1-24-6-4-5-22(21-24)23(26)25(2)7-8-28-11-12-30-15-16-32-19-20-33-18-17-31-14-13-29-10-9-27-3/h22H,4-21H2,1-3H3. The molecule has 0 N–H and O–H groups in total. The van der Waals surface area contributed by atoms with E-state index in [0.29, 0.717) is 92.4 Å². The lowest BCUT2D eigenvalue weighted by molar-refractivity contribution is -0.136. The first-order chi connectivity index (χ1) is 16.1. The fourth-order valence-electron chi connectivity index (χ4n) is 3.34. The Kier molecular flexibility index (Phi) is 19.8. The molecule has 1 aliphatic rings. The Morgan fingerprint density at radius 3 is 1.61 bits per heavy atom. The number of carbonyl (C=O) groups is 1. The van der Waals surface area contributed by atoms with Crippen LogP contribution >= 0.6 is 0 Å². The number of methoxy groups -OCH3 is 1. The third-order valence-corrected chi connectivity index (χ3v) is 5.21. The number of rotatable bonds is 22. The first kappa shape index (κ1) is 30.2. The molecule has 10 nitrogen and oxygen atoms in total. The number of ether oxygens (including phenoxy) is 7. The van der Waals surface area contributed by atoms with Crippen LogP contribution in [0.15, 0.2) is 0 Å². The number of hydrogen-bond donors (Lipinski definition) is 0. The molecule has 1 aliphatic heterocycles. The van der Waals surface area contributed by atoms with Gasteiger partial charge in [0.05, 0.1) is 91.8 Å².